The van der Waals surface area contributed by atoms with Gasteiger partial charge in [-0.05, 0) is 59.3 Å². The van der Waals surface area contributed by atoms with Crippen molar-refractivity contribution in [2.45, 2.75) is 6.92 Å². The molecular formula is C16H13IN2O4. The van der Waals surface area contributed by atoms with Gasteiger partial charge in [0.1, 0.15) is 0 Å². The largest absolute Gasteiger partial charge is 0.454 e. The van der Waals surface area contributed by atoms with Crippen LogP contribution in [0.15, 0.2) is 36.4 Å². The van der Waals surface area contributed by atoms with Crippen LogP contribution in [0.2, 0.25) is 0 Å². The summed E-state index contributed by atoms with van der Waals surface area (Å²) in [6, 6.07) is 10.1. The van der Waals surface area contributed by atoms with Gasteiger partial charge < -0.3 is 14.8 Å². The molecule has 6 nitrogen and oxygen atoms in total. The molecular weight excluding hydrogens is 411 g/mol. The maximum Gasteiger partial charge on any atom is 0.332 e. The number of carbonyl (C=O) groups excluding carboxylic acids is 2. The molecule has 0 radical (unpaired) electrons. The Morgan fingerprint density at radius 3 is 2.78 bits per heavy atom. The summed E-state index contributed by atoms with van der Waals surface area (Å²) in [7, 11) is 0. The molecule has 0 bridgehead atoms. The lowest BCUT2D eigenvalue weighted by atomic mass is 10.2. The number of fused-ring (bicyclic) bond motifs is 1. The molecule has 2 aromatic carbocycles. The lowest BCUT2D eigenvalue weighted by molar-refractivity contribution is -0.106. The summed E-state index contributed by atoms with van der Waals surface area (Å²) in [4.78, 5) is 24.9. The molecule has 1 aliphatic rings. The standard InChI is InChI=1S/C16H13IN2O4/c1-10-2-3-11(17)6-13(10)19(8-20)16(21)18-12-4-5-14-15(7-12)23-9-22-14/h2-8H,9H2,1H3,(H,18,21). The predicted octanol–water partition coefficient (Wildman–Crippen LogP) is 3.52. The van der Waals surface area contributed by atoms with Crippen LogP contribution in [0.1, 0.15) is 5.56 Å². The molecule has 118 valence electrons. The second-order valence-corrected chi connectivity index (χ2v) is 6.15. The molecule has 0 unspecified atom stereocenters. The van der Waals surface area contributed by atoms with E-state index < -0.39 is 6.03 Å². The minimum Gasteiger partial charge on any atom is -0.454 e. The first-order chi connectivity index (χ1) is 11.1. The van der Waals surface area contributed by atoms with Crippen LogP contribution in [0.4, 0.5) is 16.2 Å². The van der Waals surface area contributed by atoms with Crippen LogP contribution in [-0.2, 0) is 4.79 Å². The number of hydrogen-bond acceptors (Lipinski definition) is 4. The van der Waals surface area contributed by atoms with E-state index in [1.165, 1.54) is 0 Å². The summed E-state index contributed by atoms with van der Waals surface area (Å²) >= 11 is 2.13. The monoisotopic (exact) mass is 424 g/mol. The highest BCUT2D eigenvalue weighted by Gasteiger charge is 2.19. The van der Waals surface area contributed by atoms with Crippen molar-refractivity contribution in [3.8, 4) is 11.5 Å². The van der Waals surface area contributed by atoms with Crippen molar-refractivity contribution in [1.82, 2.24) is 0 Å². The number of ether oxygens (including phenoxy) is 2. The number of imide groups is 1. The number of nitrogens with zero attached hydrogens (tertiary/aromatic N) is 1. The summed E-state index contributed by atoms with van der Waals surface area (Å²) in [5.41, 5.74) is 1.90. The van der Waals surface area contributed by atoms with Crippen molar-refractivity contribution < 1.29 is 19.1 Å². The molecule has 1 heterocycles. The fraction of sp³-hybridized carbons (Fsp3) is 0.125. The SMILES string of the molecule is Cc1ccc(I)cc1N(C=O)C(=O)Nc1ccc2c(c1)OCO2. The van der Waals surface area contributed by atoms with Crippen LogP contribution in [0, 0.1) is 10.5 Å². The molecule has 0 saturated heterocycles. The van der Waals surface area contributed by atoms with E-state index in [4.69, 9.17) is 9.47 Å². The minimum absolute atomic E-state index is 0.162. The summed E-state index contributed by atoms with van der Waals surface area (Å²) in [5, 5.41) is 2.69. The van der Waals surface area contributed by atoms with Crippen LogP contribution in [0.25, 0.3) is 0 Å². The van der Waals surface area contributed by atoms with Crippen molar-refractivity contribution in [1.29, 1.82) is 0 Å². The maximum absolute atomic E-state index is 12.4. The highest BCUT2D eigenvalue weighted by Crippen LogP contribution is 2.34. The first-order valence-corrected chi connectivity index (χ1v) is 7.87. The number of nitrogens with one attached hydrogen (secondary N) is 1. The number of hydrogen-bond donors (Lipinski definition) is 1. The Bertz CT molecular complexity index is 779. The van der Waals surface area contributed by atoms with E-state index in [0.717, 1.165) is 14.0 Å². The summed E-state index contributed by atoms with van der Waals surface area (Å²) in [5.74, 6) is 1.19. The lowest BCUT2D eigenvalue weighted by Gasteiger charge is -2.19. The van der Waals surface area contributed by atoms with E-state index in [1.807, 2.05) is 19.1 Å². The molecule has 7 heteroatoms. The normalized spacial score (nSPS) is 11.9. The zero-order valence-corrected chi connectivity index (χ0v) is 14.4. The third-order valence-corrected chi connectivity index (χ3v) is 4.05. The molecule has 2 aromatic rings. The van der Waals surface area contributed by atoms with Crippen LogP contribution >= 0.6 is 22.6 Å². The fourth-order valence-electron chi connectivity index (χ4n) is 2.21. The van der Waals surface area contributed by atoms with Gasteiger partial charge in [0.15, 0.2) is 11.5 Å². The Morgan fingerprint density at radius 2 is 2.00 bits per heavy atom. The van der Waals surface area contributed by atoms with Crippen molar-refractivity contribution in [2.75, 3.05) is 17.0 Å². The minimum atomic E-state index is -0.538. The molecule has 1 aliphatic heterocycles. The van der Waals surface area contributed by atoms with Crippen molar-refractivity contribution in [3.05, 3.63) is 45.5 Å². The van der Waals surface area contributed by atoms with Gasteiger partial charge in [-0.3, -0.25) is 4.79 Å². The van der Waals surface area contributed by atoms with E-state index in [-0.39, 0.29) is 6.79 Å². The van der Waals surface area contributed by atoms with E-state index in [0.29, 0.717) is 29.3 Å². The number of amides is 3. The quantitative estimate of drug-likeness (QED) is 0.605. The maximum atomic E-state index is 12.4. The fourth-order valence-corrected chi connectivity index (χ4v) is 2.69. The molecule has 0 saturated carbocycles. The highest BCUT2D eigenvalue weighted by molar-refractivity contribution is 14.1. The number of urea groups is 1. The van der Waals surface area contributed by atoms with Crippen LogP contribution in [0.3, 0.4) is 0 Å². The summed E-state index contributed by atoms with van der Waals surface area (Å²) in [6.07, 6.45) is 0.501. The van der Waals surface area contributed by atoms with Crippen molar-refractivity contribution >= 4 is 46.4 Å². The van der Waals surface area contributed by atoms with Gasteiger partial charge >= 0.3 is 6.03 Å². The Hall–Kier alpha value is -2.29. The smallest absolute Gasteiger partial charge is 0.332 e. The van der Waals surface area contributed by atoms with E-state index in [2.05, 4.69) is 27.9 Å². The molecule has 0 atom stereocenters. The predicted molar refractivity (Wildman–Crippen MR) is 94.0 cm³/mol. The van der Waals surface area contributed by atoms with E-state index >= 15 is 0 Å². The number of carbonyl (C=O) groups is 2. The van der Waals surface area contributed by atoms with Crippen LogP contribution in [0.5, 0.6) is 11.5 Å². The van der Waals surface area contributed by atoms with Crippen molar-refractivity contribution in [2.24, 2.45) is 0 Å². The molecule has 0 fully saturated rings. The Balaban J connectivity index is 1.83. The second-order valence-electron chi connectivity index (χ2n) is 4.90. The third-order valence-electron chi connectivity index (χ3n) is 3.38. The van der Waals surface area contributed by atoms with Gasteiger partial charge in [-0.2, -0.15) is 0 Å². The average molecular weight is 424 g/mol. The topological polar surface area (TPSA) is 67.9 Å². The summed E-state index contributed by atoms with van der Waals surface area (Å²) < 4.78 is 11.4. The number of halogens is 1. The zero-order valence-electron chi connectivity index (χ0n) is 12.2. The molecule has 3 rings (SSSR count). The van der Waals surface area contributed by atoms with Crippen molar-refractivity contribution in [3.63, 3.8) is 0 Å². The Kier molecular flexibility index (Phi) is 4.37. The number of anilines is 2. The van der Waals surface area contributed by atoms with Gasteiger partial charge in [0.25, 0.3) is 0 Å². The molecule has 3 amide bonds. The van der Waals surface area contributed by atoms with Crippen LogP contribution < -0.4 is 19.7 Å². The molecule has 1 N–H and O–H groups in total. The second kappa shape index (κ2) is 6.45. The number of benzene rings is 2. The molecule has 0 aromatic heterocycles. The van der Waals surface area contributed by atoms with Crippen LogP contribution in [-0.4, -0.2) is 19.2 Å². The van der Waals surface area contributed by atoms with E-state index in [1.54, 1.807) is 24.3 Å². The molecule has 23 heavy (non-hydrogen) atoms. The zero-order chi connectivity index (χ0) is 16.4. The number of aryl methyl sites for hydroxylation is 1. The molecule has 0 aliphatic carbocycles. The highest BCUT2D eigenvalue weighted by atomic mass is 127. The molecule has 0 spiro atoms. The average Bonchev–Trinajstić information content (AvgIpc) is 2.99. The van der Waals surface area contributed by atoms with Gasteiger partial charge in [-0.1, -0.05) is 6.07 Å². The Labute approximate surface area is 146 Å². The third kappa shape index (κ3) is 3.24. The lowest BCUT2D eigenvalue weighted by Crippen LogP contribution is -2.34. The number of rotatable bonds is 3. The van der Waals surface area contributed by atoms with Gasteiger partial charge in [-0.15, -0.1) is 0 Å². The van der Waals surface area contributed by atoms with Gasteiger partial charge in [0, 0.05) is 15.3 Å². The van der Waals surface area contributed by atoms with Gasteiger partial charge in [0.2, 0.25) is 13.2 Å². The Morgan fingerprint density at radius 1 is 1.22 bits per heavy atom. The van der Waals surface area contributed by atoms with E-state index in [9.17, 15) is 9.59 Å². The first kappa shape index (κ1) is 15.6. The summed E-state index contributed by atoms with van der Waals surface area (Å²) in [6.45, 7) is 2.00. The van der Waals surface area contributed by atoms with Gasteiger partial charge in [0.05, 0.1) is 5.69 Å². The van der Waals surface area contributed by atoms with Gasteiger partial charge in [-0.25, -0.2) is 9.69 Å². The first-order valence-electron chi connectivity index (χ1n) is 6.80.